The fourth-order valence-electron chi connectivity index (χ4n) is 2.85. The standard InChI is InChI=1S/C16H21ClN2O3/c1-15(2,3)22-14(20)19-8-6-16(7-9-19)13(21-16)12-5-4-11(17)10-18-12/h4-5,10,13H,6-9H2,1-3H3. The predicted octanol–water partition coefficient (Wildman–Crippen LogP) is 3.58. The number of epoxide rings is 1. The lowest BCUT2D eigenvalue weighted by Gasteiger charge is -2.32. The highest BCUT2D eigenvalue weighted by molar-refractivity contribution is 6.30. The third-order valence-corrected chi connectivity index (χ3v) is 4.28. The van der Waals surface area contributed by atoms with E-state index in [4.69, 9.17) is 21.1 Å². The van der Waals surface area contributed by atoms with Gasteiger partial charge >= 0.3 is 6.09 Å². The molecule has 1 atom stereocenters. The van der Waals surface area contributed by atoms with Crippen LogP contribution in [0.25, 0.3) is 0 Å². The van der Waals surface area contributed by atoms with Crippen LogP contribution in [0.4, 0.5) is 4.79 Å². The number of piperidine rings is 1. The van der Waals surface area contributed by atoms with Crippen molar-refractivity contribution in [2.75, 3.05) is 13.1 Å². The first-order chi connectivity index (χ1) is 10.3. The molecule has 1 aromatic rings. The second-order valence-corrected chi connectivity index (χ2v) is 7.37. The summed E-state index contributed by atoms with van der Waals surface area (Å²) in [6.07, 6.45) is 3.03. The number of hydrogen-bond donors (Lipinski definition) is 0. The Morgan fingerprint density at radius 1 is 1.41 bits per heavy atom. The van der Waals surface area contributed by atoms with Crippen LogP contribution < -0.4 is 0 Å². The van der Waals surface area contributed by atoms with Crippen LogP contribution in [0.5, 0.6) is 0 Å². The SMILES string of the molecule is CC(C)(C)OC(=O)N1CCC2(CC1)OC2c1ccc(Cl)cn1. The molecule has 2 aliphatic rings. The Hall–Kier alpha value is -1.33. The average molecular weight is 325 g/mol. The van der Waals surface area contributed by atoms with E-state index >= 15 is 0 Å². The Morgan fingerprint density at radius 2 is 2.09 bits per heavy atom. The van der Waals surface area contributed by atoms with Gasteiger partial charge in [-0.05, 0) is 45.7 Å². The molecule has 2 aliphatic heterocycles. The number of hydrogen-bond acceptors (Lipinski definition) is 4. The number of aromatic nitrogens is 1. The fourth-order valence-corrected chi connectivity index (χ4v) is 2.96. The van der Waals surface area contributed by atoms with Crippen molar-refractivity contribution >= 4 is 17.7 Å². The zero-order valence-corrected chi connectivity index (χ0v) is 13.9. The summed E-state index contributed by atoms with van der Waals surface area (Å²) in [6, 6.07) is 3.73. The van der Waals surface area contributed by atoms with E-state index < -0.39 is 5.60 Å². The monoisotopic (exact) mass is 324 g/mol. The van der Waals surface area contributed by atoms with Crippen molar-refractivity contribution < 1.29 is 14.3 Å². The number of amides is 1. The van der Waals surface area contributed by atoms with E-state index in [0.717, 1.165) is 18.5 Å². The van der Waals surface area contributed by atoms with Gasteiger partial charge in [-0.25, -0.2) is 4.79 Å². The lowest BCUT2D eigenvalue weighted by Crippen LogP contribution is -2.44. The first-order valence-corrected chi connectivity index (χ1v) is 7.94. The van der Waals surface area contributed by atoms with E-state index in [9.17, 15) is 4.79 Å². The van der Waals surface area contributed by atoms with E-state index in [1.807, 2.05) is 32.9 Å². The molecule has 0 aromatic carbocycles. The van der Waals surface area contributed by atoms with Gasteiger partial charge in [-0.3, -0.25) is 4.98 Å². The molecule has 5 nitrogen and oxygen atoms in total. The average Bonchev–Trinajstić information content (AvgIpc) is 3.12. The molecule has 6 heteroatoms. The number of carbonyl (C=O) groups excluding carboxylic acids is 1. The lowest BCUT2D eigenvalue weighted by atomic mass is 9.91. The Bertz CT molecular complexity index is 560. The van der Waals surface area contributed by atoms with E-state index in [-0.39, 0.29) is 17.8 Å². The molecule has 22 heavy (non-hydrogen) atoms. The molecule has 0 saturated carbocycles. The molecular weight excluding hydrogens is 304 g/mol. The largest absolute Gasteiger partial charge is 0.444 e. The van der Waals surface area contributed by atoms with Gasteiger partial charge in [0, 0.05) is 19.3 Å². The van der Waals surface area contributed by atoms with Crippen molar-refractivity contribution in [3.63, 3.8) is 0 Å². The maximum atomic E-state index is 12.1. The van der Waals surface area contributed by atoms with Crippen LogP contribution >= 0.6 is 11.6 Å². The molecule has 1 aromatic heterocycles. The maximum Gasteiger partial charge on any atom is 0.410 e. The van der Waals surface area contributed by atoms with E-state index in [1.54, 1.807) is 11.1 Å². The third kappa shape index (κ3) is 3.20. The first-order valence-electron chi connectivity index (χ1n) is 7.56. The lowest BCUT2D eigenvalue weighted by molar-refractivity contribution is 0.0165. The fraction of sp³-hybridized carbons (Fsp3) is 0.625. The molecule has 1 spiro atoms. The van der Waals surface area contributed by atoms with Crippen molar-refractivity contribution in [1.29, 1.82) is 0 Å². The van der Waals surface area contributed by atoms with Crippen LogP contribution in [0.3, 0.4) is 0 Å². The van der Waals surface area contributed by atoms with Gasteiger partial charge in [0.2, 0.25) is 0 Å². The number of pyridine rings is 1. The minimum Gasteiger partial charge on any atom is -0.444 e. The van der Waals surface area contributed by atoms with Gasteiger partial charge in [0.05, 0.1) is 10.7 Å². The summed E-state index contributed by atoms with van der Waals surface area (Å²) >= 11 is 5.86. The highest BCUT2D eigenvalue weighted by atomic mass is 35.5. The molecule has 3 rings (SSSR count). The Balaban J connectivity index is 1.57. The number of nitrogens with zero attached hydrogens (tertiary/aromatic N) is 2. The minimum absolute atomic E-state index is 0.0190. The summed E-state index contributed by atoms with van der Waals surface area (Å²) in [4.78, 5) is 18.2. The van der Waals surface area contributed by atoms with Gasteiger partial charge in [0.25, 0.3) is 0 Å². The number of halogens is 1. The molecular formula is C16H21ClN2O3. The molecule has 0 bridgehead atoms. The van der Waals surface area contributed by atoms with Crippen LogP contribution in [0.15, 0.2) is 18.3 Å². The third-order valence-electron chi connectivity index (χ3n) is 4.05. The normalized spacial score (nSPS) is 23.5. The zero-order chi connectivity index (χ0) is 16.0. The predicted molar refractivity (Wildman–Crippen MR) is 82.8 cm³/mol. The topological polar surface area (TPSA) is 55.0 Å². The van der Waals surface area contributed by atoms with Gasteiger partial charge < -0.3 is 14.4 Å². The number of likely N-dealkylation sites (tertiary alicyclic amines) is 1. The maximum absolute atomic E-state index is 12.1. The molecule has 0 aliphatic carbocycles. The van der Waals surface area contributed by atoms with Crippen LogP contribution in [-0.2, 0) is 9.47 Å². The van der Waals surface area contributed by atoms with Crippen molar-refractivity contribution in [2.24, 2.45) is 0 Å². The van der Waals surface area contributed by atoms with Crippen LogP contribution in [-0.4, -0.2) is 40.3 Å². The second kappa shape index (κ2) is 5.39. The molecule has 0 radical (unpaired) electrons. The molecule has 1 unspecified atom stereocenters. The quantitative estimate of drug-likeness (QED) is 0.741. The summed E-state index contributed by atoms with van der Waals surface area (Å²) < 4.78 is 11.3. The van der Waals surface area contributed by atoms with E-state index in [2.05, 4.69) is 4.98 Å². The molecule has 3 heterocycles. The smallest absolute Gasteiger partial charge is 0.410 e. The number of carbonyl (C=O) groups is 1. The molecule has 2 fully saturated rings. The summed E-state index contributed by atoms with van der Waals surface area (Å²) in [7, 11) is 0. The van der Waals surface area contributed by atoms with Crippen LogP contribution in [0.1, 0.15) is 45.4 Å². The molecule has 2 saturated heterocycles. The van der Waals surface area contributed by atoms with Gasteiger partial charge in [0.15, 0.2) is 0 Å². The van der Waals surface area contributed by atoms with Gasteiger partial charge in [-0.15, -0.1) is 0 Å². The van der Waals surface area contributed by atoms with Crippen molar-refractivity contribution in [2.45, 2.75) is 50.9 Å². The Kier molecular flexibility index (Phi) is 3.81. The molecule has 1 amide bonds. The van der Waals surface area contributed by atoms with Crippen molar-refractivity contribution in [3.05, 3.63) is 29.0 Å². The van der Waals surface area contributed by atoms with Crippen LogP contribution in [0, 0.1) is 0 Å². The second-order valence-electron chi connectivity index (χ2n) is 6.93. The van der Waals surface area contributed by atoms with Crippen molar-refractivity contribution in [3.8, 4) is 0 Å². The number of ether oxygens (including phenoxy) is 2. The minimum atomic E-state index is -0.460. The molecule has 120 valence electrons. The highest BCUT2D eigenvalue weighted by Crippen LogP contribution is 2.55. The van der Waals surface area contributed by atoms with E-state index in [1.165, 1.54) is 0 Å². The number of rotatable bonds is 1. The highest BCUT2D eigenvalue weighted by Gasteiger charge is 2.59. The first kappa shape index (κ1) is 15.6. The van der Waals surface area contributed by atoms with E-state index in [0.29, 0.717) is 18.1 Å². The summed E-state index contributed by atoms with van der Waals surface area (Å²) in [5, 5.41) is 0.623. The van der Waals surface area contributed by atoms with Crippen LogP contribution in [0.2, 0.25) is 5.02 Å². The zero-order valence-electron chi connectivity index (χ0n) is 13.1. The summed E-state index contributed by atoms with van der Waals surface area (Å²) in [5.41, 5.74) is 0.285. The van der Waals surface area contributed by atoms with Gasteiger partial charge in [-0.2, -0.15) is 0 Å². The summed E-state index contributed by atoms with van der Waals surface area (Å²) in [6.45, 7) is 6.94. The van der Waals surface area contributed by atoms with Gasteiger partial charge in [0.1, 0.15) is 17.3 Å². The van der Waals surface area contributed by atoms with Gasteiger partial charge in [-0.1, -0.05) is 11.6 Å². The molecule has 0 N–H and O–H groups in total. The Morgan fingerprint density at radius 3 is 2.64 bits per heavy atom. The Labute approximate surface area is 135 Å². The summed E-state index contributed by atoms with van der Waals surface area (Å²) in [5.74, 6) is 0. The van der Waals surface area contributed by atoms with Crippen molar-refractivity contribution in [1.82, 2.24) is 9.88 Å².